The summed E-state index contributed by atoms with van der Waals surface area (Å²) in [6.45, 7) is 16.0. The Balaban J connectivity index is 4.01. The molecule has 0 aromatic rings. The van der Waals surface area contributed by atoms with E-state index in [2.05, 4.69) is 48.5 Å². The summed E-state index contributed by atoms with van der Waals surface area (Å²) < 4.78 is 0. The van der Waals surface area contributed by atoms with Gasteiger partial charge in [-0.2, -0.15) is 0 Å². The molecule has 0 fully saturated rings. The Bertz CT molecular complexity index is 188. The fourth-order valence-electron chi connectivity index (χ4n) is 2.84. The molecular weight excluding hydrogens is 194 g/mol. The molecule has 0 heterocycles. The minimum absolute atomic E-state index is 0.0145. The molecule has 0 saturated carbocycles. The van der Waals surface area contributed by atoms with E-state index in [0.717, 1.165) is 18.3 Å². The molecule has 2 atom stereocenters. The van der Waals surface area contributed by atoms with Gasteiger partial charge in [0.2, 0.25) is 0 Å². The normalized spacial score (nSPS) is 17.2. The molecule has 0 aliphatic heterocycles. The van der Waals surface area contributed by atoms with E-state index < -0.39 is 0 Å². The fraction of sp³-hybridized carbons (Fsp3) is 1.00. The number of hydrogen-bond acceptors (Lipinski definition) is 1. The van der Waals surface area contributed by atoms with Crippen molar-refractivity contribution in [3.05, 3.63) is 0 Å². The van der Waals surface area contributed by atoms with Gasteiger partial charge in [0.15, 0.2) is 0 Å². The molecule has 0 rings (SSSR count). The van der Waals surface area contributed by atoms with Crippen molar-refractivity contribution in [2.24, 2.45) is 23.0 Å². The van der Waals surface area contributed by atoms with Gasteiger partial charge in [0, 0.05) is 5.54 Å². The van der Waals surface area contributed by atoms with Crippen LogP contribution in [0.15, 0.2) is 0 Å². The smallest absolute Gasteiger partial charge is 0.00995 e. The van der Waals surface area contributed by atoms with E-state index in [0.29, 0.717) is 5.41 Å². The zero-order valence-electron chi connectivity index (χ0n) is 12.6. The van der Waals surface area contributed by atoms with Gasteiger partial charge < -0.3 is 5.73 Å². The summed E-state index contributed by atoms with van der Waals surface area (Å²) in [5.41, 5.74) is 6.55. The van der Waals surface area contributed by atoms with Crippen molar-refractivity contribution in [3.63, 3.8) is 0 Å². The first kappa shape index (κ1) is 16.0. The maximum atomic E-state index is 6.07. The number of rotatable bonds is 7. The van der Waals surface area contributed by atoms with Crippen LogP contribution in [-0.2, 0) is 0 Å². The van der Waals surface area contributed by atoms with Crippen LogP contribution < -0.4 is 5.73 Å². The van der Waals surface area contributed by atoms with Crippen LogP contribution in [0.1, 0.15) is 74.1 Å². The van der Waals surface area contributed by atoms with E-state index in [-0.39, 0.29) is 5.54 Å². The average molecular weight is 227 g/mol. The van der Waals surface area contributed by atoms with Gasteiger partial charge in [0.1, 0.15) is 0 Å². The van der Waals surface area contributed by atoms with Crippen molar-refractivity contribution in [3.8, 4) is 0 Å². The van der Waals surface area contributed by atoms with Gasteiger partial charge in [-0.3, -0.25) is 0 Å². The highest BCUT2D eigenvalue weighted by molar-refractivity contribution is 4.77. The lowest BCUT2D eigenvalue weighted by Gasteiger charge is -2.30. The molecule has 16 heavy (non-hydrogen) atoms. The predicted octanol–water partition coefficient (Wildman–Crippen LogP) is 4.60. The third-order valence-corrected chi connectivity index (χ3v) is 3.54. The Morgan fingerprint density at radius 3 is 1.75 bits per heavy atom. The Kier molecular flexibility index (Phi) is 6.03. The Morgan fingerprint density at radius 2 is 1.38 bits per heavy atom. The average Bonchev–Trinajstić information content (AvgIpc) is 1.98. The molecule has 0 aromatic heterocycles. The standard InChI is InChI=1S/C15H33N/c1-8-14(4,5)10-12(2)9-13(3)11-15(6,7)16/h12-13H,8-11,16H2,1-7H3. The van der Waals surface area contributed by atoms with Crippen LogP contribution in [-0.4, -0.2) is 5.54 Å². The third-order valence-electron chi connectivity index (χ3n) is 3.54. The molecule has 0 radical (unpaired) electrons. The highest BCUT2D eigenvalue weighted by Crippen LogP contribution is 2.32. The van der Waals surface area contributed by atoms with Crippen LogP contribution in [0.2, 0.25) is 0 Å². The molecule has 1 nitrogen and oxygen atoms in total. The summed E-state index contributed by atoms with van der Waals surface area (Å²) in [4.78, 5) is 0. The quantitative estimate of drug-likeness (QED) is 0.675. The van der Waals surface area contributed by atoms with E-state index in [4.69, 9.17) is 5.73 Å². The number of nitrogens with two attached hydrogens (primary N) is 1. The molecule has 0 aliphatic carbocycles. The van der Waals surface area contributed by atoms with Crippen molar-refractivity contribution in [2.45, 2.75) is 79.7 Å². The second-order valence-electron chi connectivity index (χ2n) is 7.36. The Labute approximate surface area is 103 Å². The highest BCUT2D eigenvalue weighted by Gasteiger charge is 2.22. The second-order valence-corrected chi connectivity index (χ2v) is 7.36. The first-order valence-electron chi connectivity index (χ1n) is 6.84. The van der Waals surface area contributed by atoms with E-state index in [1.165, 1.54) is 19.3 Å². The van der Waals surface area contributed by atoms with E-state index in [9.17, 15) is 0 Å². The number of hydrogen-bond donors (Lipinski definition) is 1. The molecule has 2 N–H and O–H groups in total. The van der Waals surface area contributed by atoms with Crippen LogP contribution in [0.4, 0.5) is 0 Å². The molecule has 0 aliphatic rings. The first-order chi connectivity index (χ1) is 7.06. The van der Waals surface area contributed by atoms with Gasteiger partial charge in [-0.05, 0) is 50.4 Å². The van der Waals surface area contributed by atoms with Crippen molar-refractivity contribution in [2.75, 3.05) is 0 Å². The lowest BCUT2D eigenvalue weighted by atomic mass is 9.77. The molecule has 2 unspecified atom stereocenters. The van der Waals surface area contributed by atoms with Gasteiger partial charge in [-0.15, -0.1) is 0 Å². The van der Waals surface area contributed by atoms with Crippen molar-refractivity contribution in [1.29, 1.82) is 0 Å². The fourth-order valence-corrected chi connectivity index (χ4v) is 2.84. The van der Waals surface area contributed by atoms with Gasteiger partial charge in [0.05, 0.1) is 0 Å². The summed E-state index contributed by atoms with van der Waals surface area (Å²) in [6.07, 6.45) is 5.04. The minimum Gasteiger partial charge on any atom is -0.326 e. The van der Waals surface area contributed by atoms with E-state index >= 15 is 0 Å². The lowest BCUT2D eigenvalue weighted by molar-refractivity contribution is 0.230. The van der Waals surface area contributed by atoms with Gasteiger partial charge in [-0.25, -0.2) is 0 Å². The molecular formula is C15H33N. The molecule has 0 aromatic carbocycles. The van der Waals surface area contributed by atoms with Crippen LogP contribution in [0.3, 0.4) is 0 Å². The summed E-state index contributed by atoms with van der Waals surface area (Å²) in [6, 6.07) is 0. The highest BCUT2D eigenvalue weighted by atomic mass is 14.7. The Hall–Kier alpha value is -0.0400. The molecule has 98 valence electrons. The largest absolute Gasteiger partial charge is 0.326 e. The van der Waals surface area contributed by atoms with E-state index in [1.54, 1.807) is 0 Å². The maximum absolute atomic E-state index is 6.07. The summed E-state index contributed by atoms with van der Waals surface area (Å²) in [5.74, 6) is 1.55. The van der Waals surface area contributed by atoms with Gasteiger partial charge >= 0.3 is 0 Å². The first-order valence-corrected chi connectivity index (χ1v) is 6.84. The van der Waals surface area contributed by atoms with Gasteiger partial charge in [-0.1, -0.05) is 41.0 Å². The van der Waals surface area contributed by atoms with Crippen LogP contribution in [0.5, 0.6) is 0 Å². The van der Waals surface area contributed by atoms with Crippen molar-refractivity contribution >= 4 is 0 Å². The molecule has 0 saturated heterocycles. The van der Waals surface area contributed by atoms with Crippen LogP contribution >= 0.6 is 0 Å². The third kappa shape index (κ3) is 8.15. The van der Waals surface area contributed by atoms with E-state index in [1.807, 2.05) is 0 Å². The maximum Gasteiger partial charge on any atom is 0.00995 e. The van der Waals surface area contributed by atoms with Crippen LogP contribution in [0, 0.1) is 17.3 Å². The summed E-state index contributed by atoms with van der Waals surface area (Å²) in [7, 11) is 0. The summed E-state index contributed by atoms with van der Waals surface area (Å²) >= 11 is 0. The van der Waals surface area contributed by atoms with Crippen molar-refractivity contribution in [1.82, 2.24) is 0 Å². The van der Waals surface area contributed by atoms with Crippen molar-refractivity contribution < 1.29 is 0 Å². The predicted molar refractivity (Wildman–Crippen MR) is 74.5 cm³/mol. The summed E-state index contributed by atoms with van der Waals surface area (Å²) in [5, 5.41) is 0. The molecule has 1 heteroatoms. The topological polar surface area (TPSA) is 26.0 Å². The molecule has 0 amide bonds. The van der Waals surface area contributed by atoms with Gasteiger partial charge in [0.25, 0.3) is 0 Å². The zero-order chi connectivity index (χ0) is 13.0. The van der Waals surface area contributed by atoms with Crippen LogP contribution in [0.25, 0.3) is 0 Å². The Morgan fingerprint density at radius 1 is 0.938 bits per heavy atom. The molecule has 0 bridgehead atoms. The lowest BCUT2D eigenvalue weighted by Crippen LogP contribution is -2.34. The minimum atomic E-state index is -0.0145. The second kappa shape index (κ2) is 6.05. The molecule has 0 spiro atoms. The zero-order valence-corrected chi connectivity index (χ0v) is 12.6. The monoisotopic (exact) mass is 227 g/mol. The SMILES string of the molecule is CCC(C)(C)CC(C)CC(C)CC(C)(C)N.